The van der Waals surface area contributed by atoms with Crippen molar-refractivity contribution in [2.75, 3.05) is 34.9 Å². The van der Waals surface area contributed by atoms with Crippen LogP contribution in [-0.2, 0) is 33.2 Å². The molecule has 0 aromatic carbocycles. The summed E-state index contributed by atoms with van der Waals surface area (Å²) in [4.78, 5) is 16.2. The summed E-state index contributed by atoms with van der Waals surface area (Å²) in [6.45, 7) is 25.2. The van der Waals surface area contributed by atoms with Crippen molar-refractivity contribution >= 4 is 5.97 Å². The molecule has 3 heterocycles. The minimum absolute atomic E-state index is 0.0174. The van der Waals surface area contributed by atoms with Gasteiger partial charge in [-0.1, -0.05) is 48.5 Å². The zero-order chi connectivity index (χ0) is 40.8. The highest BCUT2D eigenvalue weighted by Crippen LogP contribution is 2.40. The number of esters is 1. The van der Waals surface area contributed by atoms with Gasteiger partial charge in [0.25, 0.3) is 0 Å². The molecular formula is C42H83NO10. The van der Waals surface area contributed by atoms with Crippen molar-refractivity contribution in [2.45, 2.75) is 195 Å². The molecule has 3 saturated heterocycles. The van der Waals surface area contributed by atoms with E-state index in [-0.39, 0.29) is 42.2 Å². The normalized spacial score (nSPS) is 43.6. The molecule has 3 N–H and O–H groups in total. The third kappa shape index (κ3) is 14.5. The van der Waals surface area contributed by atoms with Crippen molar-refractivity contribution in [3.8, 4) is 0 Å². The second kappa shape index (κ2) is 23.4. The monoisotopic (exact) mass is 762 g/mol. The molecule has 0 radical (unpaired) electrons. The molecule has 316 valence electrons. The summed E-state index contributed by atoms with van der Waals surface area (Å²) in [6.07, 6.45) is 2.05. The average Bonchev–Trinajstić information content (AvgIpc) is 3.10. The Kier molecular flexibility index (Phi) is 22.1. The van der Waals surface area contributed by atoms with Crippen LogP contribution in [0.15, 0.2) is 0 Å². The second-order valence-corrected chi connectivity index (χ2v) is 17.0. The van der Waals surface area contributed by atoms with Crippen molar-refractivity contribution in [3.05, 3.63) is 0 Å². The van der Waals surface area contributed by atoms with Crippen LogP contribution in [0.5, 0.6) is 0 Å². The van der Waals surface area contributed by atoms with Crippen LogP contribution in [0.3, 0.4) is 0 Å². The molecule has 0 saturated carbocycles. The van der Waals surface area contributed by atoms with E-state index in [2.05, 4.69) is 53.6 Å². The van der Waals surface area contributed by atoms with E-state index in [9.17, 15) is 15.0 Å². The average molecular weight is 762 g/mol. The maximum Gasteiger partial charge on any atom is 0.311 e. The molecule has 3 aliphatic heterocycles. The quantitative estimate of drug-likeness (QED) is 0.225. The summed E-state index contributed by atoms with van der Waals surface area (Å²) in [7, 11) is 6.97. The molecule has 0 spiro atoms. The van der Waals surface area contributed by atoms with E-state index in [0.29, 0.717) is 31.6 Å². The highest BCUT2D eigenvalue weighted by atomic mass is 16.7. The summed E-state index contributed by atoms with van der Waals surface area (Å²) in [5.74, 6) is -0.315. The molecule has 0 aromatic heterocycles. The Morgan fingerprint density at radius 2 is 1.47 bits per heavy atom. The van der Waals surface area contributed by atoms with Gasteiger partial charge in [-0.15, -0.1) is 0 Å². The first-order chi connectivity index (χ1) is 24.8. The number of carbonyl (C=O) groups excluding carboxylic acids is 1. The molecule has 11 heteroatoms. The van der Waals surface area contributed by atoms with Crippen LogP contribution in [0.4, 0.5) is 0 Å². The zero-order valence-electron chi connectivity index (χ0n) is 36.6. The van der Waals surface area contributed by atoms with Crippen molar-refractivity contribution in [1.29, 1.82) is 0 Å². The van der Waals surface area contributed by atoms with Gasteiger partial charge in [0.15, 0.2) is 12.6 Å². The number of hydrogen-bond acceptors (Lipinski definition) is 11. The molecule has 11 nitrogen and oxygen atoms in total. The molecule has 3 aliphatic rings. The van der Waals surface area contributed by atoms with Gasteiger partial charge in [-0.25, -0.2) is 0 Å². The minimum atomic E-state index is -1.22. The lowest BCUT2D eigenvalue weighted by Gasteiger charge is -2.44. The lowest BCUT2D eigenvalue weighted by Crippen LogP contribution is -2.50. The molecule has 0 aromatic rings. The van der Waals surface area contributed by atoms with Crippen LogP contribution in [0, 0.1) is 35.5 Å². The molecule has 3 fully saturated rings. The largest absolute Gasteiger partial charge is 0.459 e. The zero-order valence-corrected chi connectivity index (χ0v) is 36.6. The maximum atomic E-state index is 14.0. The Bertz CT molecular complexity index is 1000. The molecule has 0 aliphatic carbocycles. The van der Waals surface area contributed by atoms with Gasteiger partial charge >= 0.3 is 5.97 Å². The molecule has 0 bridgehead atoms. The Hall–Kier alpha value is -0.890. The number of nitrogens with zero attached hydrogens (tertiary/aromatic N) is 1. The molecule has 16 atom stereocenters. The number of aliphatic hydroxyl groups excluding tert-OH is 2. The topological polar surface area (TPSA) is 136 Å². The number of hydrogen-bond donors (Lipinski definition) is 3. The van der Waals surface area contributed by atoms with Crippen LogP contribution in [0.2, 0.25) is 0 Å². The summed E-state index contributed by atoms with van der Waals surface area (Å²) < 4.78 is 38.7. The fourth-order valence-electron chi connectivity index (χ4n) is 8.82. The molecule has 0 amide bonds. The summed E-state index contributed by atoms with van der Waals surface area (Å²) in [5, 5.41) is 29.4. The summed E-state index contributed by atoms with van der Waals surface area (Å²) in [5.41, 5.74) is -1.87. The van der Waals surface area contributed by atoms with Crippen LogP contribution in [0.1, 0.15) is 134 Å². The van der Waals surface area contributed by atoms with Crippen LogP contribution >= 0.6 is 0 Å². The third-order valence-corrected chi connectivity index (χ3v) is 12.2. The Morgan fingerprint density at radius 3 is 2.02 bits per heavy atom. The first-order valence-electron chi connectivity index (χ1n) is 20.7. The van der Waals surface area contributed by atoms with Gasteiger partial charge < -0.3 is 48.6 Å². The first-order valence-corrected chi connectivity index (χ1v) is 20.7. The number of rotatable bonds is 8. The molecule has 8 unspecified atom stereocenters. The smallest absolute Gasteiger partial charge is 0.311 e. The fraction of sp³-hybridized carbons (Fsp3) is 0.976. The van der Waals surface area contributed by atoms with Crippen molar-refractivity contribution in [2.24, 2.45) is 35.5 Å². The summed E-state index contributed by atoms with van der Waals surface area (Å²) in [6, 6.07) is 0. The predicted octanol–water partition coefficient (Wildman–Crippen LogP) is 6.82. The molecular weight excluding hydrogens is 678 g/mol. The van der Waals surface area contributed by atoms with Gasteiger partial charge in [-0.2, -0.15) is 0 Å². The number of cyclic esters (lactones) is 1. The number of aliphatic hydroxyl groups is 3. The van der Waals surface area contributed by atoms with Gasteiger partial charge in [0, 0.05) is 33.6 Å². The van der Waals surface area contributed by atoms with E-state index in [1.165, 1.54) is 0 Å². The minimum Gasteiger partial charge on any atom is -0.459 e. The van der Waals surface area contributed by atoms with Crippen molar-refractivity contribution < 1.29 is 48.5 Å². The maximum absolute atomic E-state index is 14.0. The SMILES string of the molecule is CC.CC[C@H]1OC(=O)C(C)[C@@H](O[C@H]2CC(C)[C@@H](O)C(C)O2)CC[C@@H](OC2CC(CN(C)C)CC(C)O2)[C@](C)(OC)C[C@@H](C)CC(C)C(C)[C@]1(C)O.CO. The van der Waals surface area contributed by atoms with E-state index in [0.717, 1.165) is 39.3 Å². The van der Waals surface area contributed by atoms with Crippen LogP contribution in [0.25, 0.3) is 0 Å². The van der Waals surface area contributed by atoms with Gasteiger partial charge in [0.2, 0.25) is 0 Å². The Morgan fingerprint density at radius 1 is 0.868 bits per heavy atom. The highest BCUT2D eigenvalue weighted by molar-refractivity contribution is 5.73. The standard InChI is InChI=1S/C39H73NO9.C2H6.CH4O/c1-14-32-39(10,43)28(7)24(3)17-23(2)21-38(9,44-13)33(48-35-20-30(22-40(11)12)19-26(5)45-35)16-15-31(27(6)37(42)49-32)47-34-18-25(4)36(41)29(8)46-34;2*1-2/h23-36,41,43H,14-22H2,1-13H3;1-2H3;2H,1H3/t23-,24?,25?,26?,27?,28?,29?,30?,31-,32+,33+,34-,35?,36+,38+,39-;;/m0../s1. The van der Waals surface area contributed by atoms with Gasteiger partial charge in [-0.3, -0.25) is 4.79 Å². The number of ether oxygens (including phenoxy) is 6. The van der Waals surface area contributed by atoms with Crippen LogP contribution < -0.4 is 0 Å². The van der Waals surface area contributed by atoms with Crippen molar-refractivity contribution in [3.63, 3.8) is 0 Å². The number of carbonyl (C=O) groups is 1. The summed E-state index contributed by atoms with van der Waals surface area (Å²) >= 11 is 0. The lowest BCUT2D eigenvalue weighted by atomic mass is 9.73. The molecule has 53 heavy (non-hydrogen) atoms. The van der Waals surface area contributed by atoms with Gasteiger partial charge in [0.05, 0.1) is 42.0 Å². The molecule has 3 rings (SSSR count). The van der Waals surface area contributed by atoms with Gasteiger partial charge in [-0.05, 0) is 117 Å². The predicted molar refractivity (Wildman–Crippen MR) is 210 cm³/mol. The van der Waals surface area contributed by atoms with Crippen molar-refractivity contribution in [1.82, 2.24) is 4.90 Å². The van der Waals surface area contributed by atoms with Crippen LogP contribution in [-0.4, -0.2) is 121 Å². The van der Waals surface area contributed by atoms with E-state index >= 15 is 0 Å². The van der Waals surface area contributed by atoms with E-state index < -0.39 is 53.8 Å². The first kappa shape index (κ1) is 50.1. The lowest BCUT2D eigenvalue weighted by molar-refractivity contribution is -0.266. The second-order valence-electron chi connectivity index (χ2n) is 17.0. The Labute approximate surface area is 324 Å². The third-order valence-electron chi connectivity index (χ3n) is 12.2. The van der Waals surface area contributed by atoms with E-state index in [1.54, 1.807) is 14.0 Å². The fourth-order valence-corrected chi connectivity index (χ4v) is 8.82. The number of methoxy groups -OCH3 is 1. The van der Waals surface area contributed by atoms with E-state index in [4.69, 9.17) is 33.5 Å². The highest BCUT2D eigenvalue weighted by Gasteiger charge is 2.46. The van der Waals surface area contributed by atoms with Gasteiger partial charge in [0.1, 0.15) is 11.7 Å². The van der Waals surface area contributed by atoms with E-state index in [1.807, 2.05) is 41.5 Å². The Balaban J connectivity index is 0.00000339.